The van der Waals surface area contributed by atoms with E-state index in [0.717, 1.165) is 16.7 Å². The second-order valence-corrected chi connectivity index (χ2v) is 5.37. The number of nitrogens with zero attached hydrogens (tertiary/aromatic N) is 2. The molecule has 0 fully saturated rings. The van der Waals surface area contributed by atoms with Crippen molar-refractivity contribution in [2.75, 3.05) is 19.8 Å². The van der Waals surface area contributed by atoms with Gasteiger partial charge in [0.2, 0.25) is 5.82 Å². The smallest absolute Gasteiger partial charge is 0.262 e. The quantitative estimate of drug-likeness (QED) is 0.634. The molecule has 0 saturated carbocycles. The molecule has 0 aliphatic carbocycles. The number of benzene rings is 2. The van der Waals surface area contributed by atoms with Crippen molar-refractivity contribution in [2.24, 2.45) is 5.73 Å². The Morgan fingerprint density at radius 2 is 1.84 bits per heavy atom. The van der Waals surface area contributed by atoms with Gasteiger partial charge in [-0.2, -0.15) is 4.98 Å². The molecule has 130 valence electrons. The number of nitrogens with two attached hydrogens (primary N) is 1. The lowest BCUT2D eigenvalue weighted by Gasteiger charge is -2.08. The van der Waals surface area contributed by atoms with Crippen LogP contribution in [0.5, 0.6) is 5.75 Å². The molecule has 25 heavy (non-hydrogen) atoms. The number of rotatable bonds is 8. The third kappa shape index (κ3) is 4.23. The van der Waals surface area contributed by atoms with Gasteiger partial charge in [0, 0.05) is 18.7 Å². The second-order valence-electron chi connectivity index (χ2n) is 5.37. The van der Waals surface area contributed by atoms with Gasteiger partial charge in [-0.25, -0.2) is 0 Å². The monoisotopic (exact) mass is 339 g/mol. The Kier molecular flexibility index (Phi) is 5.77. The molecule has 2 aromatic carbocycles. The summed E-state index contributed by atoms with van der Waals surface area (Å²) in [5.41, 5.74) is 8.31. The molecule has 3 aromatic rings. The van der Waals surface area contributed by atoms with Crippen molar-refractivity contribution in [3.63, 3.8) is 0 Å². The van der Waals surface area contributed by atoms with Gasteiger partial charge in [0.05, 0.1) is 12.2 Å². The lowest BCUT2D eigenvalue weighted by Crippen LogP contribution is -2.06. The highest BCUT2D eigenvalue weighted by molar-refractivity contribution is 5.65. The minimum absolute atomic E-state index is 0.421. The van der Waals surface area contributed by atoms with Crippen molar-refractivity contribution < 1.29 is 14.0 Å². The first kappa shape index (κ1) is 17.1. The summed E-state index contributed by atoms with van der Waals surface area (Å²) in [5.74, 6) is 1.64. The lowest BCUT2D eigenvalue weighted by atomic mass is 10.1. The zero-order valence-corrected chi connectivity index (χ0v) is 14.1. The number of para-hydroxylation sites is 1. The molecule has 0 radical (unpaired) electrons. The molecule has 0 atom stereocenters. The average Bonchev–Trinajstić information content (AvgIpc) is 3.15. The zero-order valence-electron chi connectivity index (χ0n) is 14.1. The number of aromatic nitrogens is 2. The molecule has 0 amide bonds. The molecular formula is C19H21N3O3. The third-order valence-electron chi connectivity index (χ3n) is 3.68. The predicted molar refractivity (Wildman–Crippen MR) is 95.0 cm³/mol. The summed E-state index contributed by atoms with van der Waals surface area (Å²) < 4.78 is 16.5. The van der Waals surface area contributed by atoms with E-state index in [1.165, 1.54) is 0 Å². The van der Waals surface area contributed by atoms with Gasteiger partial charge in [-0.05, 0) is 24.6 Å². The summed E-state index contributed by atoms with van der Waals surface area (Å²) in [6, 6.07) is 15.4. The Bertz CT molecular complexity index is 800. The highest BCUT2D eigenvalue weighted by Crippen LogP contribution is 2.30. The van der Waals surface area contributed by atoms with Crippen LogP contribution >= 0.6 is 0 Å². The maximum absolute atomic E-state index is 5.77. The topological polar surface area (TPSA) is 83.4 Å². The fraction of sp³-hybridized carbons (Fsp3) is 0.263. The van der Waals surface area contributed by atoms with Crippen LogP contribution in [0.25, 0.3) is 22.8 Å². The summed E-state index contributed by atoms with van der Waals surface area (Å²) in [5, 5.41) is 4.07. The van der Waals surface area contributed by atoms with Crippen LogP contribution in [0.2, 0.25) is 0 Å². The van der Waals surface area contributed by atoms with E-state index in [9.17, 15) is 0 Å². The molecule has 0 saturated heterocycles. The van der Waals surface area contributed by atoms with Crippen LogP contribution in [0.1, 0.15) is 12.5 Å². The van der Waals surface area contributed by atoms with Crippen molar-refractivity contribution >= 4 is 0 Å². The number of hydrogen-bond donors (Lipinski definition) is 1. The largest absolute Gasteiger partial charge is 0.490 e. The van der Waals surface area contributed by atoms with Crippen LogP contribution in [0.15, 0.2) is 53.1 Å². The van der Waals surface area contributed by atoms with Gasteiger partial charge in [0.1, 0.15) is 12.4 Å². The van der Waals surface area contributed by atoms with Crippen LogP contribution in [0, 0.1) is 0 Å². The third-order valence-corrected chi connectivity index (χ3v) is 3.68. The predicted octanol–water partition coefficient (Wildman–Crippen LogP) is 3.28. The molecule has 3 rings (SSSR count). The van der Waals surface area contributed by atoms with Crippen LogP contribution in [0.3, 0.4) is 0 Å². The Hall–Kier alpha value is -2.70. The first-order valence-electron chi connectivity index (χ1n) is 8.25. The van der Waals surface area contributed by atoms with Gasteiger partial charge >= 0.3 is 0 Å². The van der Waals surface area contributed by atoms with E-state index in [4.69, 9.17) is 19.7 Å². The molecule has 1 aromatic heterocycles. The van der Waals surface area contributed by atoms with E-state index in [1.807, 2.05) is 55.5 Å². The van der Waals surface area contributed by atoms with Crippen LogP contribution in [-0.2, 0) is 11.3 Å². The first-order valence-corrected chi connectivity index (χ1v) is 8.25. The minimum Gasteiger partial charge on any atom is -0.490 e. The maximum atomic E-state index is 5.77. The van der Waals surface area contributed by atoms with Gasteiger partial charge in [0.15, 0.2) is 0 Å². The van der Waals surface area contributed by atoms with Crippen LogP contribution < -0.4 is 10.5 Å². The van der Waals surface area contributed by atoms with Gasteiger partial charge in [-0.3, -0.25) is 0 Å². The molecule has 6 heteroatoms. The second kappa shape index (κ2) is 8.41. The molecule has 1 heterocycles. The number of ether oxygens (including phenoxy) is 2. The van der Waals surface area contributed by atoms with Crippen LogP contribution in [0.4, 0.5) is 0 Å². The van der Waals surface area contributed by atoms with Crippen molar-refractivity contribution in [3.05, 3.63) is 54.1 Å². The SMILES string of the molecule is CCOCCOc1ccccc1-c1nc(-c2ccc(CN)cc2)no1. The summed E-state index contributed by atoms with van der Waals surface area (Å²) in [6.45, 7) is 4.12. The normalized spacial score (nSPS) is 10.8. The van der Waals surface area contributed by atoms with Crippen molar-refractivity contribution in [2.45, 2.75) is 13.5 Å². The Morgan fingerprint density at radius 3 is 2.60 bits per heavy atom. The van der Waals surface area contributed by atoms with Gasteiger partial charge in [-0.1, -0.05) is 41.6 Å². The van der Waals surface area contributed by atoms with Gasteiger partial charge in [0.25, 0.3) is 5.89 Å². The fourth-order valence-electron chi connectivity index (χ4n) is 2.36. The van der Waals surface area contributed by atoms with E-state index in [1.54, 1.807) is 0 Å². The summed E-state index contributed by atoms with van der Waals surface area (Å²) in [7, 11) is 0. The lowest BCUT2D eigenvalue weighted by molar-refractivity contribution is 0.110. The summed E-state index contributed by atoms with van der Waals surface area (Å²) in [4.78, 5) is 4.49. The van der Waals surface area contributed by atoms with E-state index in [-0.39, 0.29) is 0 Å². The Morgan fingerprint density at radius 1 is 1.04 bits per heavy atom. The fourth-order valence-corrected chi connectivity index (χ4v) is 2.36. The minimum atomic E-state index is 0.421. The van der Waals surface area contributed by atoms with E-state index in [2.05, 4.69) is 10.1 Å². The molecule has 0 unspecified atom stereocenters. The van der Waals surface area contributed by atoms with Gasteiger partial charge < -0.3 is 19.7 Å². The Labute approximate surface area is 146 Å². The van der Waals surface area contributed by atoms with E-state index in [0.29, 0.717) is 43.8 Å². The highest BCUT2D eigenvalue weighted by Gasteiger charge is 2.14. The first-order chi connectivity index (χ1) is 12.3. The zero-order chi connectivity index (χ0) is 17.5. The van der Waals surface area contributed by atoms with Crippen LogP contribution in [-0.4, -0.2) is 30.0 Å². The van der Waals surface area contributed by atoms with Gasteiger partial charge in [-0.15, -0.1) is 0 Å². The van der Waals surface area contributed by atoms with Crippen molar-refractivity contribution in [3.8, 4) is 28.6 Å². The molecule has 0 aliphatic rings. The molecular weight excluding hydrogens is 318 g/mol. The Balaban J connectivity index is 1.79. The molecule has 0 aliphatic heterocycles. The molecule has 0 bridgehead atoms. The molecule has 6 nitrogen and oxygen atoms in total. The summed E-state index contributed by atoms with van der Waals surface area (Å²) >= 11 is 0. The number of hydrogen-bond acceptors (Lipinski definition) is 6. The van der Waals surface area contributed by atoms with E-state index < -0.39 is 0 Å². The van der Waals surface area contributed by atoms with E-state index >= 15 is 0 Å². The average molecular weight is 339 g/mol. The summed E-state index contributed by atoms with van der Waals surface area (Å²) in [6.07, 6.45) is 0. The van der Waals surface area contributed by atoms with Crippen molar-refractivity contribution in [1.82, 2.24) is 10.1 Å². The molecule has 0 spiro atoms. The maximum Gasteiger partial charge on any atom is 0.262 e. The highest BCUT2D eigenvalue weighted by atomic mass is 16.5. The standard InChI is InChI=1S/C19H21N3O3/c1-2-23-11-12-24-17-6-4-3-5-16(17)19-21-18(22-25-19)15-9-7-14(13-20)8-10-15/h3-10H,2,11-13,20H2,1H3. The van der Waals surface area contributed by atoms with Crippen molar-refractivity contribution in [1.29, 1.82) is 0 Å². The molecule has 2 N–H and O–H groups in total.